The summed E-state index contributed by atoms with van der Waals surface area (Å²) in [5.41, 5.74) is 0. The van der Waals surface area contributed by atoms with Crippen LogP contribution in [-0.2, 0) is 14.3 Å². The molecule has 39 heavy (non-hydrogen) atoms. The summed E-state index contributed by atoms with van der Waals surface area (Å²) in [5, 5.41) is 8.64. The number of ether oxygens (including phenoxy) is 1. The molecule has 0 aliphatic carbocycles. The van der Waals surface area contributed by atoms with Gasteiger partial charge in [0.05, 0.1) is 0 Å². The number of carbonyl (C=O) groups excluding carboxylic acids is 1. The molecular weight excluding hydrogens is 484 g/mol. The van der Waals surface area contributed by atoms with Crippen molar-refractivity contribution >= 4 is 11.9 Å². The number of carbonyl (C=O) groups is 2. The number of rotatable bonds is 29. The van der Waals surface area contributed by atoms with Crippen LogP contribution in [0, 0.1) is 0 Å². The van der Waals surface area contributed by atoms with Crippen LogP contribution in [-0.4, -0.2) is 23.1 Å². The predicted octanol–water partition coefficient (Wildman–Crippen LogP) is 11.1. The molecule has 0 radical (unpaired) electrons. The van der Waals surface area contributed by atoms with E-state index >= 15 is 0 Å². The monoisotopic (exact) mass is 546 g/mol. The first-order valence-electron chi connectivity index (χ1n) is 16.5. The molecule has 0 spiro atoms. The van der Waals surface area contributed by atoms with Crippen LogP contribution in [0.2, 0.25) is 0 Å². The molecule has 0 amide bonds. The van der Waals surface area contributed by atoms with Gasteiger partial charge in [-0.3, -0.25) is 9.59 Å². The van der Waals surface area contributed by atoms with Gasteiger partial charge in [-0.2, -0.15) is 0 Å². The Kier molecular flexibility index (Phi) is 29.2. The topological polar surface area (TPSA) is 63.6 Å². The molecule has 1 unspecified atom stereocenters. The van der Waals surface area contributed by atoms with Gasteiger partial charge in [0.1, 0.15) is 6.10 Å². The highest BCUT2D eigenvalue weighted by atomic mass is 16.5. The summed E-state index contributed by atoms with van der Waals surface area (Å²) in [6, 6.07) is 0. The molecule has 0 bridgehead atoms. The SMILES string of the molecule is CC/C=C\C/C=C\C/C=C\CCCCCCCC(=O)OC(CC)CCCCCCCCCCCCCC(=O)O. The fraction of sp³-hybridized carbons (Fsp3) is 0.771. The second-order valence-electron chi connectivity index (χ2n) is 10.9. The normalized spacial score (nSPS) is 12.7. The van der Waals surface area contributed by atoms with Crippen LogP contribution in [0.15, 0.2) is 36.5 Å². The molecule has 0 aromatic carbocycles. The minimum absolute atomic E-state index is 0.00835. The quantitative estimate of drug-likeness (QED) is 0.0575. The van der Waals surface area contributed by atoms with Crippen LogP contribution in [0.5, 0.6) is 0 Å². The lowest BCUT2D eigenvalue weighted by Crippen LogP contribution is -2.17. The lowest BCUT2D eigenvalue weighted by atomic mass is 10.0. The average Bonchev–Trinajstić information content (AvgIpc) is 2.92. The summed E-state index contributed by atoms with van der Waals surface area (Å²) in [7, 11) is 0. The first-order chi connectivity index (χ1) is 19.1. The molecule has 1 atom stereocenters. The van der Waals surface area contributed by atoms with Crippen molar-refractivity contribution in [2.24, 2.45) is 0 Å². The van der Waals surface area contributed by atoms with E-state index in [4.69, 9.17) is 9.84 Å². The molecule has 0 aliphatic rings. The Balaban J connectivity index is 3.51. The number of carboxylic acids is 1. The van der Waals surface area contributed by atoms with E-state index in [2.05, 4.69) is 50.3 Å². The number of hydrogen-bond donors (Lipinski definition) is 1. The molecule has 0 aromatic heterocycles. The van der Waals surface area contributed by atoms with Crippen molar-refractivity contribution in [2.45, 2.75) is 174 Å². The molecule has 226 valence electrons. The Morgan fingerprint density at radius 3 is 1.59 bits per heavy atom. The molecule has 0 heterocycles. The van der Waals surface area contributed by atoms with Crippen LogP contribution < -0.4 is 0 Å². The summed E-state index contributed by atoms with van der Waals surface area (Å²) >= 11 is 0. The highest BCUT2D eigenvalue weighted by molar-refractivity contribution is 5.69. The summed E-state index contributed by atoms with van der Waals surface area (Å²) < 4.78 is 5.74. The van der Waals surface area contributed by atoms with Crippen LogP contribution >= 0.6 is 0 Å². The number of allylic oxidation sites excluding steroid dienone is 6. The summed E-state index contributed by atoms with van der Waals surface area (Å²) in [6.07, 6.45) is 39.5. The predicted molar refractivity (Wildman–Crippen MR) is 167 cm³/mol. The minimum Gasteiger partial charge on any atom is -0.481 e. The first kappa shape index (κ1) is 37.2. The standard InChI is InChI=1S/C35H62O4/c1-3-5-6-7-8-9-10-11-12-13-17-20-23-26-29-32-35(38)39-33(4-2)30-27-24-21-18-15-14-16-19-22-25-28-31-34(36)37/h5-6,8-9,11-12,33H,3-4,7,10,13-32H2,1-2H3,(H,36,37)/b6-5-,9-8-,12-11-. The van der Waals surface area contributed by atoms with Crippen LogP contribution in [0.25, 0.3) is 0 Å². The van der Waals surface area contributed by atoms with Gasteiger partial charge in [-0.25, -0.2) is 0 Å². The summed E-state index contributed by atoms with van der Waals surface area (Å²) in [6.45, 7) is 4.28. The lowest BCUT2D eigenvalue weighted by molar-refractivity contribution is -0.149. The summed E-state index contributed by atoms with van der Waals surface area (Å²) in [5.74, 6) is -0.685. The largest absolute Gasteiger partial charge is 0.481 e. The number of carboxylic acid groups (broad SMARTS) is 1. The van der Waals surface area contributed by atoms with Gasteiger partial charge in [0.25, 0.3) is 0 Å². The van der Waals surface area contributed by atoms with Crippen LogP contribution in [0.1, 0.15) is 168 Å². The van der Waals surface area contributed by atoms with Crippen molar-refractivity contribution in [1.29, 1.82) is 0 Å². The minimum atomic E-state index is -0.676. The molecule has 0 fully saturated rings. The Morgan fingerprint density at radius 1 is 0.590 bits per heavy atom. The van der Waals surface area contributed by atoms with Gasteiger partial charge >= 0.3 is 11.9 Å². The maximum Gasteiger partial charge on any atom is 0.306 e. The molecule has 0 aliphatic heterocycles. The van der Waals surface area contributed by atoms with Gasteiger partial charge in [0, 0.05) is 12.8 Å². The molecule has 0 rings (SSSR count). The van der Waals surface area contributed by atoms with Gasteiger partial charge in [-0.15, -0.1) is 0 Å². The maximum atomic E-state index is 12.2. The molecule has 4 nitrogen and oxygen atoms in total. The van der Waals surface area contributed by atoms with Gasteiger partial charge in [0.15, 0.2) is 0 Å². The maximum absolute atomic E-state index is 12.2. The highest BCUT2D eigenvalue weighted by Crippen LogP contribution is 2.16. The van der Waals surface area contributed by atoms with Gasteiger partial charge < -0.3 is 9.84 Å². The number of aliphatic carboxylic acids is 1. The highest BCUT2D eigenvalue weighted by Gasteiger charge is 2.12. The molecular formula is C35H62O4. The van der Waals surface area contributed by atoms with Crippen molar-refractivity contribution in [1.82, 2.24) is 0 Å². The Hall–Kier alpha value is -1.84. The van der Waals surface area contributed by atoms with E-state index in [0.717, 1.165) is 70.6 Å². The smallest absolute Gasteiger partial charge is 0.306 e. The van der Waals surface area contributed by atoms with E-state index in [9.17, 15) is 9.59 Å². The Labute approximate surface area is 241 Å². The molecule has 0 saturated heterocycles. The van der Waals surface area contributed by atoms with Crippen LogP contribution in [0.4, 0.5) is 0 Å². The van der Waals surface area contributed by atoms with Crippen molar-refractivity contribution < 1.29 is 19.4 Å². The molecule has 4 heteroatoms. The van der Waals surface area contributed by atoms with E-state index in [1.807, 2.05) is 0 Å². The number of unbranched alkanes of at least 4 members (excludes halogenated alkanes) is 15. The van der Waals surface area contributed by atoms with Crippen molar-refractivity contribution in [2.75, 3.05) is 0 Å². The third-order valence-electron chi connectivity index (χ3n) is 7.20. The van der Waals surface area contributed by atoms with E-state index in [0.29, 0.717) is 12.8 Å². The zero-order valence-electron chi connectivity index (χ0n) is 25.7. The van der Waals surface area contributed by atoms with E-state index in [-0.39, 0.29) is 12.1 Å². The average molecular weight is 547 g/mol. The summed E-state index contributed by atoms with van der Waals surface area (Å²) in [4.78, 5) is 22.7. The fourth-order valence-electron chi connectivity index (χ4n) is 4.72. The van der Waals surface area contributed by atoms with Crippen LogP contribution in [0.3, 0.4) is 0 Å². The van der Waals surface area contributed by atoms with Crippen molar-refractivity contribution in [3.05, 3.63) is 36.5 Å². The number of esters is 1. The number of hydrogen-bond acceptors (Lipinski definition) is 3. The van der Waals surface area contributed by atoms with E-state index in [1.165, 1.54) is 70.6 Å². The Morgan fingerprint density at radius 2 is 1.05 bits per heavy atom. The first-order valence-corrected chi connectivity index (χ1v) is 16.5. The van der Waals surface area contributed by atoms with Crippen molar-refractivity contribution in [3.63, 3.8) is 0 Å². The van der Waals surface area contributed by atoms with Crippen molar-refractivity contribution in [3.8, 4) is 0 Å². The second-order valence-corrected chi connectivity index (χ2v) is 10.9. The zero-order valence-corrected chi connectivity index (χ0v) is 25.7. The Bertz CT molecular complexity index is 635. The second kappa shape index (κ2) is 30.7. The van der Waals surface area contributed by atoms with Gasteiger partial charge in [0.2, 0.25) is 0 Å². The van der Waals surface area contributed by atoms with Gasteiger partial charge in [-0.05, 0) is 64.2 Å². The lowest BCUT2D eigenvalue weighted by Gasteiger charge is -2.16. The molecule has 0 aromatic rings. The van der Waals surface area contributed by atoms with E-state index < -0.39 is 5.97 Å². The third-order valence-corrected chi connectivity index (χ3v) is 7.20. The molecule has 0 saturated carbocycles. The zero-order chi connectivity index (χ0) is 28.7. The third kappa shape index (κ3) is 30.6. The fourth-order valence-corrected chi connectivity index (χ4v) is 4.72. The van der Waals surface area contributed by atoms with Gasteiger partial charge in [-0.1, -0.05) is 127 Å². The molecule has 1 N–H and O–H groups in total. The van der Waals surface area contributed by atoms with E-state index in [1.54, 1.807) is 0 Å².